The van der Waals surface area contributed by atoms with Gasteiger partial charge in [-0.1, -0.05) is 0 Å². The Morgan fingerprint density at radius 2 is 2.62 bits per heavy atom. The number of ether oxygens (including phenoxy) is 1. The molecule has 0 aromatic heterocycles. The molecule has 0 fully saturated rings. The minimum Gasteiger partial charge on any atom is -0.329 e. The minimum atomic E-state index is -0.0810. The summed E-state index contributed by atoms with van der Waals surface area (Å²) in [5.74, 6) is 0.0388. The molecule has 0 aromatic rings. The average molecular weight is 114 g/mol. The zero-order chi connectivity index (χ0) is 5.98. The van der Waals surface area contributed by atoms with Crippen LogP contribution in [0.15, 0.2) is 12.2 Å². The molecule has 8 heavy (non-hydrogen) atoms. The van der Waals surface area contributed by atoms with Crippen LogP contribution in [0.3, 0.4) is 0 Å². The van der Waals surface area contributed by atoms with Crippen molar-refractivity contribution in [3.63, 3.8) is 0 Å². The maximum Gasteiger partial charge on any atom is 0.337 e. The van der Waals surface area contributed by atoms with Gasteiger partial charge in [-0.05, 0) is 0 Å². The third kappa shape index (κ3) is 0.936. The van der Waals surface area contributed by atoms with Crippen molar-refractivity contribution in [3.8, 4) is 0 Å². The SMILES string of the molecule is COC1C=CC(=O)[NH2+]1. The summed E-state index contributed by atoms with van der Waals surface area (Å²) in [6, 6.07) is 0. The standard InChI is InChI=1S/C5H7NO2/c1-8-5-3-2-4(7)6-5/h2-3,5H,1H3,(H,6,7)/p+1. The third-order valence-corrected chi connectivity index (χ3v) is 1.05. The second-order valence-corrected chi connectivity index (χ2v) is 1.63. The predicted octanol–water partition coefficient (Wildman–Crippen LogP) is -1.38. The van der Waals surface area contributed by atoms with E-state index in [1.54, 1.807) is 13.2 Å². The van der Waals surface area contributed by atoms with E-state index >= 15 is 0 Å². The first-order valence-corrected chi connectivity index (χ1v) is 2.43. The number of carbonyl (C=O) groups excluding carboxylic acids is 1. The van der Waals surface area contributed by atoms with Gasteiger partial charge in [-0.2, -0.15) is 0 Å². The normalized spacial score (nSPS) is 27.1. The van der Waals surface area contributed by atoms with Crippen molar-refractivity contribution in [2.24, 2.45) is 0 Å². The molecule has 0 aliphatic carbocycles. The number of quaternary nitrogens is 1. The summed E-state index contributed by atoms with van der Waals surface area (Å²) in [6.45, 7) is 0. The van der Waals surface area contributed by atoms with Gasteiger partial charge in [0.25, 0.3) is 0 Å². The van der Waals surface area contributed by atoms with Crippen LogP contribution in [0.5, 0.6) is 0 Å². The first-order chi connectivity index (χ1) is 3.83. The molecule has 0 spiro atoms. The number of hydrogen-bond acceptors (Lipinski definition) is 2. The first-order valence-electron chi connectivity index (χ1n) is 2.43. The van der Waals surface area contributed by atoms with Crippen molar-refractivity contribution < 1.29 is 14.8 Å². The molecular formula is C5H8NO2+. The fourth-order valence-electron chi connectivity index (χ4n) is 0.609. The van der Waals surface area contributed by atoms with Crippen molar-refractivity contribution in [1.82, 2.24) is 0 Å². The van der Waals surface area contributed by atoms with Gasteiger partial charge < -0.3 is 4.74 Å². The summed E-state index contributed by atoms with van der Waals surface area (Å²) < 4.78 is 4.82. The largest absolute Gasteiger partial charge is 0.337 e. The van der Waals surface area contributed by atoms with Gasteiger partial charge >= 0.3 is 5.91 Å². The second-order valence-electron chi connectivity index (χ2n) is 1.63. The van der Waals surface area contributed by atoms with E-state index in [9.17, 15) is 4.79 Å². The number of methoxy groups -OCH3 is 1. The third-order valence-electron chi connectivity index (χ3n) is 1.05. The number of hydrogen-bond donors (Lipinski definition) is 1. The molecule has 0 bridgehead atoms. The molecule has 3 heteroatoms. The highest BCUT2D eigenvalue weighted by molar-refractivity contribution is 5.80. The minimum absolute atomic E-state index is 0.0388. The smallest absolute Gasteiger partial charge is 0.329 e. The molecule has 3 nitrogen and oxygen atoms in total. The summed E-state index contributed by atoms with van der Waals surface area (Å²) in [7, 11) is 1.57. The Balaban J connectivity index is 2.46. The Labute approximate surface area is 47.3 Å². The van der Waals surface area contributed by atoms with Gasteiger partial charge in [0.05, 0.1) is 0 Å². The Morgan fingerprint density at radius 3 is 2.88 bits per heavy atom. The van der Waals surface area contributed by atoms with Crippen molar-refractivity contribution in [2.45, 2.75) is 6.23 Å². The number of primary amides is 1. The van der Waals surface area contributed by atoms with E-state index in [-0.39, 0.29) is 12.1 Å². The predicted molar refractivity (Wildman–Crippen MR) is 26.9 cm³/mol. The van der Waals surface area contributed by atoms with Crippen LogP contribution in [-0.4, -0.2) is 19.2 Å². The fraction of sp³-hybridized carbons (Fsp3) is 0.400. The highest BCUT2D eigenvalue weighted by Crippen LogP contribution is 1.85. The molecule has 2 N–H and O–H groups in total. The van der Waals surface area contributed by atoms with Crippen LogP contribution in [0.25, 0.3) is 0 Å². The van der Waals surface area contributed by atoms with Crippen LogP contribution in [0.1, 0.15) is 0 Å². The number of amides is 1. The van der Waals surface area contributed by atoms with Gasteiger partial charge in [0.15, 0.2) is 0 Å². The van der Waals surface area contributed by atoms with Crippen LogP contribution >= 0.6 is 0 Å². The van der Waals surface area contributed by atoms with Crippen molar-refractivity contribution in [3.05, 3.63) is 12.2 Å². The summed E-state index contributed by atoms with van der Waals surface area (Å²) >= 11 is 0. The lowest BCUT2D eigenvalue weighted by molar-refractivity contribution is -0.626. The van der Waals surface area contributed by atoms with Crippen molar-refractivity contribution >= 4 is 5.91 Å². The van der Waals surface area contributed by atoms with Gasteiger partial charge in [-0.25, -0.2) is 4.79 Å². The lowest BCUT2D eigenvalue weighted by atomic mass is 10.5. The topological polar surface area (TPSA) is 42.9 Å². The number of nitrogens with two attached hydrogens (primary N) is 1. The van der Waals surface area contributed by atoms with Gasteiger partial charge in [0.2, 0.25) is 6.23 Å². The van der Waals surface area contributed by atoms with E-state index in [0.717, 1.165) is 0 Å². The summed E-state index contributed by atoms with van der Waals surface area (Å²) in [5, 5.41) is 1.53. The quantitative estimate of drug-likeness (QED) is 0.456. The zero-order valence-corrected chi connectivity index (χ0v) is 4.63. The second kappa shape index (κ2) is 2.07. The fourth-order valence-corrected chi connectivity index (χ4v) is 0.609. The molecule has 0 radical (unpaired) electrons. The molecule has 0 aromatic carbocycles. The van der Waals surface area contributed by atoms with Crippen LogP contribution < -0.4 is 5.32 Å². The molecule has 1 aliphatic heterocycles. The van der Waals surface area contributed by atoms with E-state index < -0.39 is 0 Å². The van der Waals surface area contributed by atoms with Crippen LogP contribution in [0, 0.1) is 0 Å². The average Bonchev–Trinajstić information content (AvgIpc) is 2.14. The van der Waals surface area contributed by atoms with Gasteiger partial charge in [0, 0.05) is 19.3 Å². The van der Waals surface area contributed by atoms with E-state index in [0.29, 0.717) is 0 Å². The summed E-state index contributed by atoms with van der Waals surface area (Å²) in [5.41, 5.74) is 0. The lowest BCUT2D eigenvalue weighted by Gasteiger charge is -1.97. The van der Waals surface area contributed by atoms with Crippen LogP contribution in [0.4, 0.5) is 0 Å². The monoisotopic (exact) mass is 114 g/mol. The summed E-state index contributed by atoms with van der Waals surface area (Å²) in [4.78, 5) is 10.4. The number of rotatable bonds is 1. The van der Waals surface area contributed by atoms with Gasteiger partial charge in [-0.3, -0.25) is 5.32 Å². The molecule has 44 valence electrons. The molecule has 1 heterocycles. The Kier molecular flexibility index (Phi) is 1.41. The van der Waals surface area contributed by atoms with Crippen molar-refractivity contribution in [1.29, 1.82) is 0 Å². The van der Waals surface area contributed by atoms with Crippen molar-refractivity contribution in [2.75, 3.05) is 7.11 Å². The van der Waals surface area contributed by atoms with E-state index in [2.05, 4.69) is 0 Å². The maximum atomic E-state index is 10.4. The number of carbonyl (C=O) groups is 1. The Bertz CT molecular complexity index is 130. The van der Waals surface area contributed by atoms with Crippen LogP contribution in [0.2, 0.25) is 0 Å². The molecule has 1 unspecified atom stereocenters. The van der Waals surface area contributed by atoms with E-state index in [1.165, 1.54) is 11.4 Å². The van der Waals surface area contributed by atoms with E-state index in [4.69, 9.17) is 4.74 Å². The molecule has 0 saturated heterocycles. The molecule has 1 aliphatic rings. The molecular weight excluding hydrogens is 106 g/mol. The highest BCUT2D eigenvalue weighted by Gasteiger charge is 2.17. The Morgan fingerprint density at radius 1 is 1.88 bits per heavy atom. The molecule has 0 saturated carbocycles. The molecule has 1 amide bonds. The maximum absolute atomic E-state index is 10.4. The van der Waals surface area contributed by atoms with Gasteiger partial charge in [-0.15, -0.1) is 0 Å². The first kappa shape index (κ1) is 5.47. The Hall–Kier alpha value is -0.670. The lowest BCUT2D eigenvalue weighted by Crippen LogP contribution is -2.90. The van der Waals surface area contributed by atoms with Crippen LogP contribution in [-0.2, 0) is 9.53 Å². The molecule has 1 atom stereocenters. The summed E-state index contributed by atoms with van der Waals surface area (Å²) in [6.07, 6.45) is 3.15. The zero-order valence-electron chi connectivity index (χ0n) is 4.63. The molecule has 1 rings (SSSR count). The van der Waals surface area contributed by atoms with Gasteiger partial charge in [0.1, 0.15) is 0 Å². The highest BCUT2D eigenvalue weighted by atomic mass is 16.5. The van der Waals surface area contributed by atoms with E-state index in [1.807, 2.05) is 0 Å².